The average molecular weight is 865 g/mol. The van der Waals surface area contributed by atoms with Crippen LogP contribution in [-0.4, -0.2) is 121 Å². The van der Waals surface area contributed by atoms with Crippen molar-refractivity contribution >= 4 is 82.9 Å². The van der Waals surface area contributed by atoms with Gasteiger partial charge in [0.2, 0.25) is 0 Å². The van der Waals surface area contributed by atoms with E-state index in [2.05, 4.69) is 23.3 Å². The normalized spacial score (nSPS) is 15.8. The zero-order valence-electron chi connectivity index (χ0n) is 31.7. The summed E-state index contributed by atoms with van der Waals surface area (Å²) in [5.74, 6) is 0.442. The fourth-order valence-electron chi connectivity index (χ4n) is 5.00. The number of hydrogen-bond acceptors (Lipinski definition) is 18. The molecule has 0 aromatic heterocycles. The summed E-state index contributed by atoms with van der Waals surface area (Å²) in [6.07, 6.45) is 1.82. The molecule has 0 N–H and O–H groups in total. The minimum atomic E-state index is -0.951. The number of thioether (sulfide) groups is 4. The van der Waals surface area contributed by atoms with Crippen molar-refractivity contribution < 1.29 is 66.7 Å². The van der Waals surface area contributed by atoms with E-state index in [1.807, 2.05) is 24.3 Å². The molecule has 0 aliphatic carbocycles. The van der Waals surface area contributed by atoms with E-state index < -0.39 is 53.4 Å². The van der Waals surface area contributed by atoms with Crippen LogP contribution in [-0.2, 0) is 62.6 Å². The number of methoxy groups -OCH3 is 2. The fourth-order valence-corrected chi connectivity index (χ4v) is 10.1. The smallest absolute Gasteiger partial charge is 0.331 e. The Hall–Kier alpha value is -4.26. The second-order valence-electron chi connectivity index (χ2n) is 12.5. The van der Waals surface area contributed by atoms with E-state index in [4.69, 9.17) is 28.4 Å². The van der Waals surface area contributed by atoms with Gasteiger partial charge in [-0.05, 0) is 35.4 Å². The van der Waals surface area contributed by atoms with Gasteiger partial charge >= 0.3 is 35.8 Å². The number of esters is 6. The lowest BCUT2D eigenvalue weighted by Crippen LogP contribution is -2.32. The van der Waals surface area contributed by atoms with E-state index >= 15 is 0 Å². The van der Waals surface area contributed by atoms with Gasteiger partial charge in [-0.2, -0.15) is 0 Å². The molecule has 2 atom stereocenters. The van der Waals surface area contributed by atoms with Gasteiger partial charge in [-0.25, -0.2) is 28.8 Å². The molecule has 2 fully saturated rings. The number of carbonyl (C=O) groups excluding carboxylic acids is 6. The third kappa shape index (κ3) is 15.2. The molecular formula is C39H44O14S4. The Bertz CT molecular complexity index is 1610. The van der Waals surface area contributed by atoms with Crippen molar-refractivity contribution in [1.82, 2.24) is 0 Å². The van der Waals surface area contributed by atoms with Gasteiger partial charge < -0.3 is 37.9 Å². The Labute approximate surface area is 347 Å². The minimum Gasteiger partial charge on any atom is -0.490 e. The van der Waals surface area contributed by atoms with Crippen LogP contribution in [0.1, 0.15) is 25.0 Å². The molecule has 2 aliphatic rings. The van der Waals surface area contributed by atoms with Crippen molar-refractivity contribution in [3.05, 3.63) is 84.0 Å². The highest BCUT2D eigenvalue weighted by atomic mass is 32.2. The summed E-state index contributed by atoms with van der Waals surface area (Å²) in [6.45, 7) is 3.41. The minimum absolute atomic E-state index is 0.119. The van der Waals surface area contributed by atoms with Crippen LogP contribution < -0.4 is 9.47 Å². The van der Waals surface area contributed by atoms with E-state index in [1.165, 1.54) is 61.3 Å². The van der Waals surface area contributed by atoms with Gasteiger partial charge in [0, 0.05) is 52.7 Å². The van der Waals surface area contributed by atoms with E-state index in [1.54, 1.807) is 24.3 Å². The molecule has 2 unspecified atom stereocenters. The molecule has 18 heteroatoms. The maximum absolute atomic E-state index is 12.5. The summed E-state index contributed by atoms with van der Waals surface area (Å²) >= 11 is 5.97. The first-order valence-electron chi connectivity index (χ1n) is 17.6. The molecule has 0 amide bonds. The summed E-state index contributed by atoms with van der Waals surface area (Å²) in [7, 11) is 2.37. The lowest BCUT2D eigenvalue weighted by molar-refractivity contribution is -0.156. The first kappa shape index (κ1) is 45.4. The van der Waals surface area contributed by atoms with Crippen LogP contribution in [0.5, 0.6) is 11.5 Å². The Kier molecular flexibility index (Phi) is 18.5. The van der Waals surface area contributed by atoms with Crippen molar-refractivity contribution in [3.63, 3.8) is 0 Å². The van der Waals surface area contributed by atoms with Gasteiger partial charge in [0.1, 0.15) is 47.1 Å². The van der Waals surface area contributed by atoms with Crippen LogP contribution in [0.3, 0.4) is 0 Å². The van der Waals surface area contributed by atoms with Crippen molar-refractivity contribution in [2.24, 2.45) is 0 Å². The second kappa shape index (κ2) is 23.2. The monoisotopic (exact) mass is 864 g/mol. The SMILES string of the molecule is COC(=O)/C=C\C(=O)OC(COC(=O)C1SCCS1)COc1ccc(C(C)(C)c2ccc(OCC(COC(=O)C3SCCS3)OC(=O)/C=C\C(=O)OC)cc2)cc1. The van der Waals surface area contributed by atoms with Gasteiger partial charge in [0.15, 0.2) is 12.2 Å². The Balaban J connectivity index is 1.34. The zero-order chi connectivity index (χ0) is 41.2. The number of carbonyl (C=O) groups is 6. The van der Waals surface area contributed by atoms with Crippen molar-refractivity contribution in [3.8, 4) is 11.5 Å². The number of hydrogen-bond donors (Lipinski definition) is 0. The highest BCUT2D eigenvalue weighted by molar-refractivity contribution is 8.21. The Morgan fingerprint density at radius 2 is 0.895 bits per heavy atom. The van der Waals surface area contributed by atoms with Crippen LogP contribution >= 0.6 is 47.0 Å². The summed E-state index contributed by atoms with van der Waals surface area (Å²) in [5, 5.41) is 0. The maximum Gasteiger partial charge on any atom is 0.331 e. The van der Waals surface area contributed by atoms with Crippen LogP contribution in [0.4, 0.5) is 0 Å². The van der Waals surface area contributed by atoms with Crippen LogP contribution in [0.25, 0.3) is 0 Å². The van der Waals surface area contributed by atoms with Gasteiger partial charge in [0.05, 0.1) is 14.2 Å². The third-order valence-electron chi connectivity index (χ3n) is 8.15. The van der Waals surface area contributed by atoms with E-state index in [0.717, 1.165) is 58.4 Å². The molecule has 308 valence electrons. The summed E-state index contributed by atoms with van der Waals surface area (Å²) < 4.78 is 41.9. The first-order valence-corrected chi connectivity index (χ1v) is 21.8. The largest absolute Gasteiger partial charge is 0.490 e. The van der Waals surface area contributed by atoms with Gasteiger partial charge in [-0.15, -0.1) is 47.0 Å². The summed E-state index contributed by atoms with van der Waals surface area (Å²) in [5.41, 5.74) is 1.47. The summed E-state index contributed by atoms with van der Waals surface area (Å²) in [4.78, 5) is 72.5. The molecule has 2 saturated heterocycles. The lowest BCUT2D eigenvalue weighted by atomic mass is 9.78. The molecule has 2 aromatic rings. The standard InChI is InChI=1S/C39H44O14S4/c1-39(2,25-5-9-27(10-6-25)48-21-29(52-33(42)15-13-31(40)46-3)23-50-35(44)37-54-17-18-55-37)26-7-11-28(12-8-26)49-22-30(53-34(43)16-14-32(41)47-4)24-51-36(45)38-56-19-20-57-38/h5-16,29-30,37-38H,17-24H2,1-4H3/b15-13-,16-14-. The molecule has 2 heterocycles. The number of benzene rings is 2. The molecule has 2 aromatic carbocycles. The molecule has 0 spiro atoms. The van der Waals surface area contributed by atoms with Gasteiger partial charge in [-0.3, -0.25) is 0 Å². The molecule has 0 bridgehead atoms. The van der Waals surface area contributed by atoms with Crippen LogP contribution in [0.15, 0.2) is 72.8 Å². The predicted molar refractivity (Wildman–Crippen MR) is 217 cm³/mol. The van der Waals surface area contributed by atoms with E-state index in [-0.39, 0.29) is 35.6 Å². The van der Waals surface area contributed by atoms with Crippen molar-refractivity contribution in [2.75, 3.05) is 63.7 Å². The quantitative estimate of drug-likeness (QED) is 0.101. The first-order chi connectivity index (χ1) is 27.4. The van der Waals surface area contributed by atoms with Crippen LogP contribution in [0, 0.1) is 0 Å². The van der Waals surface area contributed by atoms with E-state index in [9.17, 15) is 28.8 Å². The van der Waals surface area contributed by atoms with Gasteiger partial charge in [-0.1, -0.05) is 38.1 Å². The highest BCUT2D eigenvalue weighted by Crippen LogP contribution is 2.35. The van der Waals surface area contributed by atoms with Crippen molar-refractivity contribution in [2.45, 2.75) is 40.6 Å². The predicted octanol–water partition coefficient (Wildman–Crippen LogP) is 4.75. The van der Waals surface area contributed by atoms with Gasteiger partial charge in [0.25, 0.3) is 0 Å². The number of ether oxygens (including phenoxy) is 8. The van der Waals surface area contributed by atoms with Crippen molar-refractivity contribution in [1.29, 1.82) is 0 Å². The third-order valence-corrected chi connectivity index (χ3v) is 14.0. The lowest BCUT2D eigenvalue weighted by Gasteiger charge is -2.27. The second-order valence-corrected chi connectivity index (χ2v) is 18.0. The molecule has 4 rings (SSSR count). The molecular weight excluding hydrogens is 821 g/mol. The zero-order valence-corrected chi connectivity index (χ0v) is 35.0. The summed E-state index contributed by atoms with van der Waals surface area (Å²) in [6, 6.07) is 14.8. The highest BCUT2D eigenvalue weighted by Gasteiger charge is 2.29. The topological polar surface area (TPSA) is 176 Å². The molecule has 0 radical (unpaired) electrons. The Morgan fingerprint density at radius 1 is 0.561 bits per heavy atom. The average Bonchev–Trinajstić information content (AvgIpc) is 3.97. The fraction of sp³-hybridized carbons (Fsp3) is 0.436. The Morgan fingerprint density at radius 3 is 1.23 bits per heavy atom. The van der Waals surface area contributed by atoms with E-state index in [0.29, 0.717) is 11.5 Å². The maximum atomic E-state index is 12.5. The van der Waals surface area contributed by atoms with Crippen LogP contribution in [0.2, 0.25) is 0 Å². The molecule has 14 nitrogen and oxygen atoms in total. The number of rotatable bonds is 20. The molecule has 0 saturated carbocycles. The molecule has 57 heavy (non-hydrogen) atoms. The molecule has 2 aliphatic heterocycles.